The van der Waals surface area contributed by atoms with Gasteiger partial charge in [-0.3, -0.25) is 9.69 Å². The van der Waals surface area contributed by atoms with Gasteiger partial charge in [0.05, 0.1) is 6.42 Å². The molecule has 3 aromatic rings. The van der Waals surface area contributed by atoms with Crippen molar-refractivity contribution < 1.29 is 4.79 Å². The van der Waals surface area contributed by atoms with E-state index >= 15 is 0 Å². The summed E-state index contributed by atoms with van der Waals surface area (Å²) in [5.74, 6) is 0.257. The largest absolute Gasteiger partial charge is 0.337 e. The molecule has 0 saturated carbocycles. The number of benzene rings is 3. The third-order valence-electron chi connectivity index (χ3n) is 10.6. The monoisotopic (exact) mass is 611 g/mol. The average Bonchev–Trinajstić information content (AvgIpc) is 3.45. The van der Waals surface area contributed by atoms with Crippen molar-refractivity contribution >= 4 is 16.7 Å². The van der Waals surface area contributed by atoms with Crippen molar-refractivity contribution in [3.8, 4) is 0 Å². The molecule has 2 fully saturated rings. The van der Waals surface area contributed by atoms with Crippen molar-refractivity contribution in [3.05, 3.63) is 82.9 Å². The lowest BCUT2D eigenvalue weighted by Gasteiger charge is -2.47. The van der Waals surface area contributed by atoms with Crippen LogP contribution in [-0.4, -0.2) is 122 Å². The molecule has 0 aromatic heterocycles. The summed E-state index contributed by atoms with van der Waals surface area (Å²) in [6, 6.07) is 23.4. The maximum Gasteiger partial charge on any atom is 0.227 e. The van der Waals surface area contributed by atoms with Gasteiger partial charge in [0, 0.05) is 50.3 Å². The molecule has 0 aliphatic carbocycles. The Kier molecular flexibility index (Phi) is 11.4. The van der Waals surface area contributed by atoms with Crippen LogP contribution in [0.15, 0.2) is 60.7 Å². The topological polar surface area (TPSA) is 33.3 Å². The minimum atomic E-state index is 0.190. The van der Waals surface area contributed by atoms with Crippen LogP contribution in [-0.2, 0) is 17.6 Å². The summed E-state index contributed by atoms with van der Waals surface area (Å²) in [4.78, 5) is 26.2. The number of aryl methyl sites for hydroxylation is 2. The lowest BCUT2D eigenvalue weighted by Crippen LogP contribution is -2.61. The molecule has 0 N–H and O–H groups in total. The highest BCUT2D eigenvalue weighted by Gasteiger charge is 2.35. The minimum Gasteiger partial charge on any atom is -0.337 e. The number of hydrogen-bond acceptors (Lipinski definition) is 5. The molecule has 3 aromatic carbocycles. The Balaban J connectivity index is 1.29. The molecule has 0 radical (unpaired) electrons. The summed E-state index contributed by atoms with van der Waals surface area (Å²) in [6.45, 7) is 12.9. The number of fused-ring (bicyclic) bond motifs is 1. The Morgan fingerprint density at radius 1 is 0.956 bits per heavy atom. The number of hydrogen-bond donors (Lipinski definition) is 0. The standard InChI is InChI=1S/C39H57N5O/c1-29-14-16-34(30(2)21-29)24-38(40(4)5)27-43-25-31(3)44(28-37(43)13-10-19-42(7)36-18-20-41(6)26-36)39(45)23-32-15-17-33-11-8-9-12-35(33)22-32/h8-9,11-12,14-17,21-22,31,36-38H,10,13,18-20,23-28H2,1-7H3/t31-,36?,37+,38+/m1/s1. The second kappa shape index (κ2) is 15.2. The summed E-state index contributed by atoms with van der Waals surface area (Å²) in [6.07, 6.45) is 5.04. The molecule has 45 heavy (non-hydrogen) atoms. The SMILES string of the molecule is Cc1ccc(C[C@@H](CN2C[C@@H](C)N(C(=O)Cc3ccc4ccccc4c3)C[C@@H]2CCCN(C)C2CCN(C)C2)N(C)C)c(C)c1. The highest BCUT2D eigenvalue weighted by atomic mass is 16.2. The van der Waals surface area contributed by atoms with Crippen molar-refractivity contribution in [2.75, 3.05) is 67.5 Å². The zero-order valence-corrected chi connectivity index (χ0v) is 29.0. The smallest absolute Gasteiger partial charge is 0.227 e. The third-order valence-corrected chi connectivity index (χ3v) is 10.6. The number of likely N-dealkylation sites (tertiary alicyclic amines) is 1. The first-order chi connectivity index (χ1) is 21.6. The summed E-state index contributed by atoms with van der Waals surface area (Å²) in [7, 11) is 8.99. The Hall–Kier alpha value is -2.77. The van der Waals surface area contributed by atoms with E-state index in [0.717, 1.165) is 51.0 Å². The molecule has 6 heteroatoms. The second-order valence-corrected chi connectivity index (χ2v) is 14.4. The molecule has 5 rings (SSSR count). The average molecular weight is 612 g/mol. The van der Waals surface area contributed by atoms with E-state index in [-0.39, 0.29) is 11.9 Å². The summed E-state index contributed by atoms with van der Waals surface area (Å²) in [5, 5.41) is 2.43. The lowest BCUT2D eigenvalue weighted by molar-refractivity contribution is -0.137. The zero-order chi connectivity index (χ0) is 32.1. The van der Waals surface area contributed by atoms with Crippen LogP contribution in [0.2, 0.25) is 0 Å². The van der Waals surface area contributed by atoms with Crippen molar-refractivity contribution in [2.45, 2.75) is 77.0 Å². The molecule has 2 saturated heterocycles. The van der Waals surface area contributed by atoms with Gasteiger partial charge in [0.25, 0.3) is 0 Å². The number of nitrogens with zero attached hydrogens (tertiary/aromatic N) is 5. The van der Waals surface area contributed by atoms with Gasteiger partial charge in [-0.1, -0.05) is 66.2 Å². The van der Waals surface area contributed by atoms with Gasteiger partial charge in [0.1, 0.15) is 0 Å². The molecule has 2 aliphatic rings. The molecule has 0 spiro atoms. The van der Waals surface area contributed by atoms with E-state index in [1.54, 1.807) is 0 Å². The van der Waals surface area contributed by atoms with Crippen LogP contribution in [0.25, 0.3) is 10.8 Å². The van der Waals surface area contributed by atoms with E-state index in [0.29, 0.717) is 24.5 Å². The highest BCUT2D eigenvalue weighted by Crippen LogP contribution is 2.24. The first kappa shape index (κ1) is 33.6. The van der Waals surface area contributed by atoms with Crippen LogP contribution in [0.4, 0.5) is 0 Å². The molecule has 1 unspecified atom stereocenters. The molecular weight excluding hydrogens is 554 g/mol. The van der Waals surface area contributed by atoms with Crippen molar-refractivity contribution in [1.82, 2.24) is 24.5 Å². The lowest BCUT2D eigenvalue weighted by atomic mass is 9.96. The Morgan fingerprint density at radius 3 is 2.44 bits per heavy atom. The quantitative estimate of drug-likeness (QED) is 0.271. The fourth-order valence-electron chi connectivity index (χ4n) is 7.62. The first-order valence-corrected chi connectivity index (χ1v) is 17.2. The van der Waals surface area contributed by atoms with E-state index in [1.165, 1.54) is 47.0 Å². The maximum atomic E-state index is 13.9. The molecule has 2 aliphatic heterocycles. The number of carbonyl (C=O) groups excluding carboxylic acids is 1. The number of amides is 1. The van der Waals surface area contributed by atoms with Crippen LogP contribution >= 0.6 is 0 Å². The molecular formula is C39H57N5O. The van der Waals surface area contributed by atoms with Crippen LogP contribution in [0.5, 0.6) is 0 Å². The number of carbonyl (C=O) groups is 1. The van der Waals surface area contributed by atoms with E-state index < -0.39 is 0 Å². The normalized spacial score (nSPS) is 22.2. The Labute approximate surface area is 273 Å². The predicted octanol–water partition coefficient (Wildman–Crippen LogP) is 5.49. The number of rotatable bonds is 12. The van der Waals surface area contributed by atoms with Gasteiger partial charge in [-0.25, -0.2) is 0 Å². The van der Waals surface area contributed by atoms with Crippen LogP contribution in [0.1, 0.15) is 48.4 Å². The van der Waals surface area contributed by atoms with Gasteiger partial charge in [-0.15, -0.1) is 0 Å². The molecule has 6 nitrogen and oxygen atoms in total. The van der Waals surface area contributed by atoms with Crippen molar-refractivity contribution in [1.29, 1.82) is 0 Å². The number of piperazine rings is 1. The van der Waals surface area contributed by atoms with Gasteiger partial charge in [-0.05, 0) is 115 Å². The van der Waals surface area contributed by atoms with Crippen LogP contribution in [0.3, 0.4) is 0 Å². The molecule has 1 amide bonds. The van der Waals surface area contributed by atoms with Gasteiger partial charge < -0.3 is 19.6 Å². The molecule has 2 heterocycles. The van der Waals surface area contributed by atoms with Crippen LogP contribution < -0.4 is 0 Å². The summed E-state index contributed by atoms with van der Waals surface area (Å²) < 4.78 is 0. The second-order valence-electron chi connectivity index (χ2n) is 14.4. The van der Waals surface area contributed by atoms with E-state index in [2.05, 4.69) is 134 Å². The molecule has 244 valence electrons. The zero-order valence-electron chi connectivity index (χ0n) is 29.0. The molecule has 4 atom stereocenters. The van der Waals surface area contributed by atoms with E-state index in [9.17, 15) is 4.79 Å². The van der Waals surface area contributed by atoms with Crippen molar-refractivity contribution in [3.63, 3.8) is 0 Å². The third kappa shape index (κ3) is 8.74. The van der Waals surface area contributed by atoms with Crippen LogP contribution in [0, 0.1) is 13.8 Å². The van der Waals surface area contributed by atoms with E-state index in [4.69, 9.17) is 0 Å². The van der Waals surface area contributed by atoms with E-state index in [1.807, 2.05) is 0 Å². The maximum absolute atomic E-state index is 13.9. The Morgan fingerprint density at radius 2 is 1.73 bits per heavy atom. The number of likely N-dealkylation sites (N-methyl/N-ethyl adjacent to an activating group) is 3. The summed E-state index contributed by atoms with van der Waals surface area (Å²) in [5.41, 5.74) is 5.26. The fraction of sp³-hybridized carbons (Fsp3) is 0.564. The predicted molar refractivity (Wildman–Crippen MR) is 189 cm³/mol. The van der Waals surface area contributed by atoms with Gasteiger partial charge >= 0.3 is 0 Å². The van der Waals surface area contributed by atoms with Gasteiger partial charge in [0.15, 0.2) is 0 Å². The van der Waals surface area contributed by atoms with Crippen molar-refractivity contribution in [2.24, 2.45) is 0 Å². The van der Waals surface area contributed by atoms with Gasteiger partial charge in [-0.2, -0.15) is 0 Å². The summed E-state index contributed by atoms with van der Waals surface area (Å²) >= 11 is 0. The highest BCUT2D eigenvalue weighted by molar-refractivity contribution is 5.85. The fourth-order valence-corrected chi connectivity index (χ4v) is 7.62. The minimum absolute atomic E-state index is 0.190. The Bertz CT molecular complexity index is 1420. The molecule has 0 bridgehead atoms. The van der Waals surface area contributed by atoms with Gasteiger partial charge in [0.2, 0.25) is 5.91 Å². The first-order valence-electron chi connectivity index (χ1n) is 17.2.